The largest absolute Gasteiger partial charge is 0.465 e. The molecular weight excluding hydrogens is 192 g/mol. The maximum Gasteiger partial charge on any atom is 0.262 e. The van der Waals surface area contributed by atoms with Gasteiger partial charge in [0.05, 0.1) is 0 Å². The quantitative estimate of drug-likeness (QED) is 0.565. The summed E-state index contributed by atoms with van der Waals surface area (Å²) in [4.78, 5) is 11.3. The van der Waals surface area contributed by atoms with E-state index in [1.807, 2.05) is 0 Å². The number of ether oxygens (including phenoxy) is 2. The van der Waals surface area contributed by atoms with Crippen LogP contribution in [-0.2, 0) is 14.3 Å². The van der Waals surface area contributed by atoms with Crippen molar-refractivity contribution in [3.8, 4) is 0 Å². The SMILES string of the molecule is CNC(=S)OC1=C(N)OC(C)C1=O. The van der Waals surface area contributed by atoms with E-state index in [1.165, 1.54) is 0 Å². The van der Waals surface area contributed by atoms with Crippen LogP contribution in [0.5, 0.6) is 0 Å². The second kappa shape index (κ2) is 3.61. The fraction of sp³-hybridized carbons (Fsp3) is 0.429. The Balaban J connectivity index is 2.74. The van der Waals surface area contributed by atoms with Crippen molar-refractivity contribution in [3.63, 3.8) is 0 Å². The number of carbonyl (C=O) groups excluding carboxylic acids is 1. The Labute approximate surface area is 80.9 Å². The first-order chi connectivity index (χ1) is 6.06. The van der Waals surface area contributed by atoms with Gasteiger partial charge in [0.25, 0.3) is 5.17 Å². The number of rotatable bonds is 1. The number of Topliss-reactive ketones (excluding diaryl/α,β-unsaturated/α-hetero) is 1. The molecule has 0 fully saturated rings. The van der Waals surface area contributed by atoms with Gasteiger partial charge in [0.2, 0.25) is 17.4 Å². The predicted molar refractivity (Wildman–Crippen MR) is 49.5 cm³/mol. The van der Waals surface area contributed by atoms with Crippen LogP contribution in [-0.4, -0.2) is 24.1 Å². The molecule has 0 bridgehead atoms. The summed E-state index contributed by atoms with van der Waals surface area (Å²) in [5.74, 6) is -0.336. The maximum absolute atomic E-state index is 11.3. The van der Waals surface area contributed by atoms with E-state index in [-0.39, 0.29) is 22.6 Å². The van der Waals surface area contributed by atoms with Crippen LogP contribution in [0.4, 0.5) is 0 Å². The third-order valence-corrected chi connectivity index (χ3v) is 1.81. The number of carbonyl (C=O) groups is 1. The topological polar surface area (TPSA) is 73.6 Å². The van der Waals surface area contributed by atoms with Gasteiger partial charge in [0.15, 0.2) is 6.10 Å². The first-order valence-electron chi connectivity index (χ1n) is 3.66. The van der Waals surface area contributed by atoms with Gasteiger partial charge in [-0.1, -0.05) is 0 Å². The van der Waals surface area contributed by atoms with Gasteiger partial charge in [-0.05, 0) is 19.1 Å². The van der Waals surface area contributed by atoms with Crippen molar-refractivity contribution in [2.75, 3.05) is 7.05 Å². The smallest absolute Gasteiger partial charge is 0.262 e. The fourth-order valence-corrected chi connectivity index (χ4v) is 0.931. The monoisotopic (exact) mass is 202 g/mol. The van der Waals surface area contributed by atoms with Gasteiger partial charge in [0.1, 0.15) is 0 Å². The molecule has 0 aliphatic carbocycles. The summed E-state index contributed by atoms with van der Waals surface area (Å²) in [6.07, 6.45) is -0.588. The van der Waals surface area contributed by atoms with Crippen LogP contribution in [0.3, 0.4) is 0 Å². The van der Waals surface area contributed by atoms with Crippen molar-refractivity contribution < 1.29 is 14.3 Å². The van der Waals surface area contributed by atoms with Gasteiger partial charge >= 0.3 is 0 Å². The summed E-state index contributed by atoms with van der Waals surface area (Å²) in [5.41, 5.74) is 5.39. The zero-order valence-corrected chi connectivity index (χ0v) is 8.10. The van der Waals surface area contributed by atoms with Crippen LogP contribution in [0.1, 0.15) is 6.92 Å². The van der Waals surface area contributed by atoms with Crippen molar-refractivity contribution in [3.05, 3.63) is 11.6 Å². The molecule has 0 amide bonds. The molecule has 1 rings (SSSR count). The zero-order chi connectivity index (χ0) is 10.0. The van der Waals surface area contributed by atoms with Crippen molar-refractivity contribution >= 4 is 23.2 Å². The summed E-state index contributed by atoms with van der Waals surface area (Å²) in [7, 11) is 1.59. The molecule has 13 heavy (non-hydrogen) atoms. The van der Waals surface area contributed by atoms with Gasteiger partial charge in [-0.25, -0.2) is 0 Å². The summed E-state index contributed by atoms with van der Waals surface area (Å²) >= 11 is 4.71. The van der Waals surface area contributed by atoms with E-state index in [0.717, 1.165) is 0 Å². The zero-order valence-electron chi connectivity index (χ0n) is 7.29. The highest BCUT2D eigenvalue weighted by Crippen LogP contribution is 2.18. The lowest BCUT2D eigenvalue weighted by Crippen LogP contribution is -2.23. The van der Waals surface area contributed by atoms with E-state index < -0.39 is 6.10 Å². The maximum atomic E-state index is 11.3. The number of thiocarbonyl (C=S) groups is 1. The second-order valence-corrected chi connectivity index (χ2v) is 2.83. The number of nitrogens with one attached hydrogen (secondary N) is 1. The van der Waals surface area contributed by atoms with Gasteiger partial charge in [-0.3, -0.25) is 4.79 Å². The Kier molecular flexibility index (Phi) is 2.72. The lowest BCUT2D eigenvalue weighted by atomic mass is 10.2. The summed E-state index contributed by atoms with van der Waals surface area (Å²) in [6.45, 7) is 1.59. The molecule has 5 nitrogen and oxygen atoms in total. The minimum atomic E-state index is -0.588. The van der Waals surface area contributed by atoms with Crippen LogP contribution in [0, 0.1) is 0 Å². The Morgan fingerprint density at radius 2 is 2.38 bits per heavy atom. The summed E-state index contributed by atoms with van der Waals surface area (Å²) < 4.78 is 9.88. The highest BCUT2D eigenvalue weighted by molar-refractivity contribution is 7.80. The van der Waals surface area contributed by atoms with Crippen LogP contribution >= 0.6 is 12.2 Å². The average molecular weight is 202 g/mol. The molecule has 6 heteroatoms. The third-order valence-electron chi connectivity index (χ3n) is 1.52. The minimum Gasteiger partial charge on any atom is -0.465 e. The Morgan fingerprint density at radius 1 is 1.77 bits per heavy atom. The van der Waals surface area contributed by atoms with Crippen molar-refractivity contribution in [1.82, 2.24) is 5.32 Å². The molecule has 0 spiro atoms. The molecule has 1 aliphatic heterocycles. The predicted octanol–water partition coefficient (Wildman–Crippen LogP) is -0.377. The van der Waals surface area contributed by atoms with Crippen molar-refractivity contribution in [1.29, 1.82) is 0 Å². The lowest BCUT2D eigenvalue weighted by molar-refractivity contribution is -0.122. The van der Waals surface area contributed by atoms with Gasteiger partial charge in [-0.2, -0.15) is 0 Å². The standard InChI is InChI=1S/C7H10N2O3S/c1-3-4(10)5(6(8)11-3)12-7(13)9-2/h3H,8H2,1-2H3,(H,9,13). The molecule has 1 aliphatic rings. The van der Waals surface area contributed by atoms with Crippen LogP contribution in [0.25, 0.3) is 0 Å². The van der Waals surface area contributed by atoms with E-state index in [2.05, 4.69) is 5.32 Å². The van der Waals surface area contributed by atoms with E-state index >= 15 is 0 Å². The summed E-state index contributed by atoms with van der Waals surface area (Å²) in [5, 5.41) is 2.65. The lowest BCUT2D eigenvalue weighted by Gasteiger charge is -2.04. The van der Waals surface area contributed by atoms with Crippen LogP contribution in [0.2, 0.25) is 0 Å². The van der Waals surface area contributed by atoms with Gasteiger partial charge in [0, 0.05) is 7.05 Å². The molecule has 0 aromatic carbocycles. The molecule has 0 aromatic rings. The number of hydrogen-bond donors (Lipinski definition) is 2. The second-order valence-electron chi connectivity index (χ2n) is 2.46. The molecule has 1 atom stereocenters. The van der Waals surface area contributed by atoms with E-state index in [1.54, 1.807) is 14.0 Å². The summed E-state index contributed by atoms with van der Waals surface area (Å²) in [6, 6.07) is 0. The van der Waals surface area contributed by atoms with Crippen LogP contribution < -0.4 is 11.1 Å². The number of hydrogen-bond acceptors (Lipinski definition) is 5. The highest BCUT2D eigenvalue weighted by atomic mass is 32.1. The van der Waals surface area contributed by atoms with Crippen molar-refractivity contribution in [2.24, 2.45) is 5.73 Å². The highest BCUT2D eigenvalue weighted by Gasteiger charge is 2.33. The van der Waals surface area contributed by atoms with E-state index in [4.69, 9.17) is 27.4 Å². The van der Waals surface area contributed by atoms with Gasteiger partial charge < -0.3 is 20.5 Å². The van der Waals surface area contributed by atoms with Gasteiger partial charge in [-0.15, -0.1) is 0 Å². The Hall–Kier alpha value is -1.30. The first-order valence-corrected chi connectivity index (χ1v) is 4.07. The fourth-order valence-electron chi connectivity index (χ4n) is 0.848. The van der Waals surface area contributed by atoms with E-state index in [9.17, 15) is 4.79 Å². The van der Waals surface area contributed by atoms with Crippen molar-refractivity contribution in [2.45, 2.75) is 13.0 Å². The molecule has 1 heterocycles. The average Bonchev–Trinajstić information content (AvgIpc) is 2.32. The molecule has 0 saturated heterocycles. The Morgan fingerprint density at radius 3 is 2.77 bits per heavy atom. The number of nitrogens with two attached hydrogens (primary N) is 1. The molecule has 1 unspecified atom stereocenters. The molecule has 0 saturated carbocycles. The first kappa shape index (κ1) is 9.79. The molecule has 0 radical (unpaired) electrons. The third kappa shape index (κ3) is 1.89. The molecular formula is C7H10N2O3S. The van der Waals surface area contributed by atoms with E-state index in [0.29, 0.717) is 0 Å². The number of ketones is 1. The molecule has 0 aromatic heterocycles. The van der Waals surface area contributed by atoms with Crippen LogP contribution in [0.15, 0.2) is 11.6 Å². The molecule has 3 N–H and O–H groups in total. The minimum absolute atomic E-state index is 0.0184. The molecule has 72 valence electrons. The Bertz CT molecular complexity index is 287. The normalized spacial score (nSPS) is 21.4.